The molecule has 31 heavy (non-hydrogen) atoms. The van der Waals surface area contributed by atoms with Crippen LogP contribution >= 0.6 is 0 Å². The first-order valence-electron chi connectivity index (χ1n) is 11.7. The zero-order valence-corrected chi connectivity index (χ0v) is 18.7. The summed E-state index contributed by atoms with van der Waals surface area (Å²) in [4.78, 5) is 20.3. The van der Waals surface area contributed by atoms with Crippen LogP contribution in [0.5, 0.6) is 0 Å². The molecule has 2 unspecified atom stereocenters. The second-order valence-electron chi connectivity index (χ2n) is 9.60. The number of carbonyl (C=O) groups is 1. The molecule has 2 N–H and O–H groups in total. The molecule has 2 fully saturated rings. The van der Waals surface area contributed by atoms with Gasteiger partial charge in [-0.1, -0.05) is 39.2 Å². The smallest absolute Gasteiger partial charge is 0.243 e. The zero-order chi connectivity index (χ0) is 21.8. The van der Waals surface area contributed by atoms with Gasteiger partial charge >= 0.3 is 0 Å². The molecule has 1 aliphatic carbocycles. The van der Waals surface area contributed by atoms with Crippen molar-refractivity contribution in [1.82, 2.24) is 19.6 Å². The van der Waals surface area contributed by atoms with E-state index in [-0.39, 0.29) is 5.91 Å². The van der Waals surface area contributed by atoms with E-state index >= 15 is 0 Å². The molecule has 1 saturated heterocycles. The Labute approximate surface area is 184 Å². The third-order valence-electron chi connectivity index (χ3n) is 6.73. The lowest BCUT2D eigenvalue weighted by atomic mass is 9.94. The van der Waals surface area contributed by atoms with Crippen molar-refractivity contribution >= 4 is 17.4 Å². The number of anilines is 1. The summed E-state index contributed by atoms with van der Waals surface area (Å²) in [5.41, 5.74) is 0.168. The summed E-state index contributed by atoms with van der Waals surface area (Å²) in [5.74, 6) is 0.862. The Balaban J connectivity index is 1.47. The number of amides is 1. The molecule has 0 bridgehead atoms. The van der Waals surface area contributed by atoms with Crippen LogP contribution in [0.1, 0.15) is 58.8 Å². The number of aromatic nitrogens is 2. The third kappa shape index (κ3) is 4.85. The molecule has 3 heterocycles. The summed E-state index contributed by atoms with van der Waals surface area (Å²) in [7, 11) is 0. The lowest BCUT2D eigenvalue weighted by molar-refractivity contribution is -0.123. The minimum Gasteiger partial charge on any atom is -0.344 e. The van der Waals surface area contributed by atoms with Crippen LogP contribution in [0.15, 0.2) is 30.6 Å². The fraction of sp³-hybridized carbons (Fsp3) is 0.625. The lowest BCUT2D eigenvalue weighted by Crippen LogP contribution is -2.54. The molecular weight excluding hydrogens is 388 g/mol. The molecule has 166 valence electrons. The Morgan fingerprint density at radius 2 is 2.13 bits per heavy atom. The summed E-state index contributed by atoms with van der Waals surface area (Å²) in [6.45, 7) is 5.71. The number of fused-ring (bicyclic) bond motifs is 1. The first kappa shape index (κ1) is 21.6. The number of carbonyl (C=O) groups excluding carboxylic acids is 1. The number of nitriles is 1. The normalized spacial score (nSPS) is 23.7. The van der Waals surface area contributed by atoms with E-state index in [1.54, 1.807) is 6.20 Å². The predicted octanol–water partition coefficient (Wildman–Crippen LogP) is 3.58. The van der Waals surface area contributed by atoms with E-state index in [4.69, 9.17) is 0 Å². The van der Waals surface area contributed by atoms with E-state index in [1.807, 2.05) is 28.8 Å². The number of nitrogens with zero attached hydrogens (tertiary/aromatic N) is 4. The van der Waals surface area contributed by atoms with Gasteiger partial charge in [0.05, 0.1) is 17.8 Å². The van der Waals surface area contributed by atoms with Gasteiger partial charge < -0.3 is 10.6 Å². The quantitative estimate of drug-likeness (QED) is 0.712. The van der Waals surface area contributed by atoms with E-state index in [1.165, 1.54) is 32.1 Å². The molecule has 0 radical (unpaired) electrons. The van der Waals surface area contributed by atoms with E-state index in [2.05, 4.69) is 40.4 Å². The minimum atomic E-state index is -0.805. The molecule has 2 atom stereocenters. The highest BCUT2D eigenvalue weighted by atomic mass is 16.2. The predicted molar refractivity (Wildman–Crippen MR) is 122 cm³/mol. The van der Waals surface area contributed by atoms with Gasteiger partial charge in [-0.25, -0.2) is 4.98 Å². The number of hydrogen-bond donors (Lipinski definition) is 2. The summed E-state index contributed by atoms with van der Waals surface area (Å²) < 4.78 is 1.95. The maximum Gasteiger partial charge on any atom is 0.243 e. The number of likely N-dealkylation sites (tertiary alicyclic amines) is 1. The monoisotopic (exact) mass is 422 g/mol. The summed E-state index contributed by atoms with van der Waals surface area (Å²) in [5, 5.41) is 16.5. The molecule has 7 nitrogen and oxygen atoms in total. The fourth-order valence-corrected chi connectivity index (χ4v) is 5.05. The van der Waals surface area contributed by atoms with Crippen LogP contribution in [0.2, 0.25) is 0 Å². The van der Waals surface area contributed by atoms with Crippen LogP contribution < -0.4 is 10.6 Å². The van der Waals surface area contributed by atoms with Crippen LogP contribution in [-0.2, 0) is 4.79 Å². The highest BCUT2D eigenvalue weighted by molar-refractivity contribution is 5.85. The molecule has 1 saturated carbocycles. The number of rotatable bonds is 7. The summed E-state index contributed by atoms with van der Waals surface area (Å²) in [6, 6.07) is 8.46. The standard InChI is InChI=1S/C24H34N6O/c1-18(2)14-21(27-23-26-15-20-10-6-7-12-30(20)23)22(31)28-24(16-25)11-13-29(17-24)19-8-4-3-5-9-19/h6-7,10,12,15,18-19,21H,3-5,8-9,11,13-14,17H2,1-2H3,(H,26,27)(H,28,31). The topological polar surface area (TPSA) is 85.5 Å². The first-order chi connectivity index (χ1) is 15.0. The maximum atomic E-state index is 13.4. The van der Waals surface area contributed by atoms with E-state index in [9.17, 15) is 10.1 Å². The second kappa shape index (κ2) is 9.27. The Hall–Kier alpha value is -2.59. The van der Waals surface area contributed by atoms with Gasteiger partial charge in [0, 0.05) is 25.3 Å². The van der Waals surface area contributed by atoms with Crippen LogP contribution in [0, 0.1) is 17.2 Å². The third-order valence-corrected chi connectivity index (χ3v) is 6.73. The number of hydrogen-bond acceptors (Lipinski definition) is 5. The largest absolute Gasteiger partial charge is 0.344 e. The Morgan fingerprint density at radius 3 is 2.87 bits per heavy atom. The fourth-order valence-electron chi connectivity index (χ4n) is 5.05. The molecule has 2 aromatic rings. The molecule has 0 aromatic carbocycles. The SMILES string of the molecule is CC(C)CC(Nc1ncc2ccccn12)C(=O)NC1(C#N)CCN(C2CCCCC2)C1. The minimum absolute atomic E-state index is 0.117. The van der Waals surface area contributed by atoms with Gasteiger partial charge in [-0.05, 0) is 43.7 Å². The summed E-state index contributed by atoms with van der Waals surface area (Å²) in [6.07, 6.45) is 11.4. The molecular formula is C24H34N6O. The van der Waals surface area contributed by atoms with Crippen molar-refractivity contribution in [3.8, 4) is 6.07 Å². The number of pyridine rings is 1. The molecule has 1 amide bonds. The van der Waals surface area contributed by atoms with Gasteiger partial charge in [-0.15, -0.1) is 0 Å². The van der Waals surface area contributed by atoms with E-state index in [0.717, 1.165) is 12.1 Å². The Kier molecular flexibility index (Phi) is 6.47. The van der Waals surface area contributed by atoms with Crippen LogP contribution in [0.4, 0.5) is 5.95 Å². The van der Waals surface area contributed by atoms with Crippen LogP contribution in [0.25, 0.3) is 5.52 Å². The zero-order valence-electron chi connectivity index (χ0n) is 18.7. The van der Waals surface area contributed by atoms with Gasteiger partial charge in [0.25, 0.3) is 0 Å². The van der Waals surface area contributed by atoms with E-state index < -0.39 is 11.6 Å². The molecule has 1 aliphatic heterocycles. The van der Waals surface area contributed by atoms with Crippen molar-refractivity contribution in [2.24, 2.45) is 5.92 Å². The van der Waals surface area contributed by atoms with Crippen LogP contribution in [0.3, 0.4) is 0 Å². The van der Waals surface area contributed by atoms with Gasteiger partial charge in [-0.3, -0.25) is 14.1 Å². The first-order valence-corrected chi connectivity index (χ1v) is 11.7. The Morgan fingerprint density at radius 1 is 1.32 bits per heavy atom. The molecule has 7 heteroatoms. The van der Waals surface area contributed by atoms with Crippen molar-refractivity contribution in [1.29, 1.82) is 5.26 Å². The summed E-state index contributed by atoms with van der Waals surface area (Å²) >= 11 is 0. The van der Waals surface area contributed by atoms with Crippen molar-refractivity contribution in [2.45, 2.75) is 76.4 Å². The van der Waals surface area contributed by atoms with Crippen LogP contribution in [-0.4, -0.2) is 50.9 Å². The Bertz CT molecular complexity index is 941. The highest BCUT2D eigenvalue weighted by Gasteiger charge is 2.43. The van der Waals surface area contributed by atoms with E-state index in [0.29, 0.717) is 37.3 Å². The van der Waals surface area contributed by atoms with Crippen molar-refractivity contribution in [3.63, 3.8) is 0 Å². The molecule has 4 rings (SSSR count). The highest BCUT2D eigenvalue weighted by Crippen LogP contribution is 2.30. The van der Waals surface area contributed by atoms with Crippen molar-refractivity contribution in [3.05, 3.63) is 30.6 Å². The number of nitrogens with one attached hydrogen (secondary N) is 2. The lowest BCUT2D eigenvalue weighted by Gasteiger charge is -2.32. The van der Waals surface area contributed by atoms with Gasteiger partial charge in [0.1, 0.15) is 11.6 Å². The second-order valence-corrected chi connectivity index (χ2v) is 9.60. The number of imidazole rings is 1. The molecule has 2 aliphatic rings. The average Bonchev–Trinajstić information content (AvgIpc) is 3.39. The molecule has 2 aromatic heterocycles. The van der Waals surface area contributed by atoms with Gasteiger partial charge in [0.15, 0.2) is 0 Å². The van der Waals surface area contributed by atoms with Gasteiger partial charge in [-0.2, -0.15) is 5.26 Å². The maximum absolute atomic E-state index is 13.4. The molecule has 0 spiro atoms. The van der Waals surface area contributed by atoms with Crippen molar-refractivity contribution in [2.75, 3.05) is 18.4 Å². The van der Waals surface area contributed by atoms with Crippen molar-refractivity contribution < 1.29 is 4.79 Å². The van der Waals surface area contributed by atoms with Gasteiger partial charge in [0.2, 0.25) is 11.9 Å². The average molecular weight is 423 g/mol.